The number of nitrogens with zero attached hydrogens (tertiary/aromatic N) is 1. The average Bonchev–Trinajstić information content (AvgIpc) is 2.96. The fraction of sp³-hybridized carbons (Fsp3) is 0.667. The first kappa shape index (κ1) is 16.8. The first-order valence-corrected chi connectivity index (χ1v) is 8.62. The van der Waals surface area contributed by atoms with Gasteiger partial charge in [0.05, 0.1) is 0 Å². The van der Waals surface area contributed by atoms with Gasteiger partial charge in [0, 0.05) is 16.6 Å². The van der Waals surface area contributed by atoms with Crippen molar-refractivity contribution in [1.82, 2.24) is 10.2 Å². The van der Waals surface area contributed by atoms with Gasteiger partial charge in [-0.05, 0) is 58.0 Å². The molecule has 1 aliphatic rings. The van der Waals surface area contributed by atoms with Gasteiger partial charge in [0.1, 0.15) is 0 Å². The molecule has 0 bridgehead atoms. The molecule has 2 rings (SSSR count). The largest absolute Gasteiger partial charge is 0.312 e. The Hall–Kier alpha value is -0.570. The molecule has 1 unspecified atom stereocenters. The first-order chi connectivity index (χ1) is 10.1. The quantitative estimate of drug-likeness (QED) is 0.815. The molecule has 1 fully saturated rings. The fourth-order valence-electron chi connectivity index (χ4n) is 3.75. The van der Waals surface area contributed by atoms with Crippen molar-refractivity contribution in [1.29, 1.82) is 0 Å². The maximum atomic E-state index is 6.39. The van der Waals surface area contributed by atoms with Crippen molar-refractivity contribution in [2.24, 2.45) is 0 Å². The molecule has 0 aliphatic heterocycles. The summed E-state index contributed by atoms with van der Waals surface area (Å²) in [4.78, 5) is 2.45. The highest BCUT2D eigenvalue weighted by Gasteiger charge is 2.42. The number of hydrogen-bond acceptors (Lipinski definition) is 2. The summed E-state index contributed by atoms with van der Waals surface area (Å²) < 4.78 is 0. The number of halogens is 1. The van der Waals surface area contributed by atoms with Crippen LogP contribution in [0.3, 0.4) is 0 Å². The second-order valence-corrected chi connectivity index (χ2v) is 6.91. The van der Waals surface area contributed by atoms with Crippen molar-refractivity contribution in [3.05, 3.63) is 34.9 Å². The predicted octanol–water partition coefficient (Wildman–Crippen LogP) is 4.13. The summed E-state index contributed by atoms with van der Waals surface area (Å²) in [6.07, 6.45) is 7.42. The lowest BCUT2D eigenvalue weighted by Crippen LogP contribution is -2.58. The Bertz CT molecular complexity index is 439. The number of likely N-dealkylation sites (N-methyl/N-ethyl adjacent to an activating group) is 1. The van der Waals surface area contributed by atoms with Gasteiger partial charge in [0.25, 0.3) is 0 Å². The zero-order valence-corrected chi connectivity index (χ0v) is 14.4. The second kappa shape index (κ2) is 7.62. The van der Waals surface area contributed by atoms with Crippen LogP contribution in [0.15, 0.2) is 24.3 Å². The molecule has 0 amide bonds. The summed E-state index contributed by atoms with van der Waals surface area (Å²) in [5.41, 5.74) is 1.54. The van der Waals surface area contributed by atoms with E-state index >= 15 is 0 Å². The summed E-state index contributed by atoms with van der Waals surface area (Å²) in [5, 5.41) is 4.70. The highest BCUT2D eigenvalue weighted by atomic mass is 35.5. The molecule has 2 nitrogen and oxygen atoms in total. The van der Waals surface area contributed by atoms with Crippen LogP contribution < -0.4 is 5.32 Å². The van der Waals surface area contributed by atoms with Crippen molar-refractivity contribution in [3.8, 4) is 0 Å². The molecule has 3 heteroatoms. The smallest absolute Gasteiger partial charge is 0.0438 e. The summed E-state index contributed by atoms with van der Waals surface area (Å²) in [7, 11) is 4.47. The topological polar surface area (TPSA) is 15.3 Å². The second-order valence-electron chi connectivity index (χ2n) is 6.51. The molecule has 1 aliphatic carbocycles. The summed E-state index contributed by atoms with van der Waals surface area (Å²) in [6, 6.07) is 8.74. The van der Waals surface area contributed by atoms with E-state index in [9.17, 15) is 0 Å². The van der Waals surface area contributed by atoms with Crippen LogP contribution in [0.5, 0.6) is 0 Å². The third-order valence-corrected chi connectivity index (χ3v) is 5.40. The van der Waals surface area contributed by atoms with Gasteiger partial charge in [0.15, 0.2) is 0 Å². The van der Waals surface area contributed by atoms with Crippen molar-refractivity contribution < 1.29 is 0 Å². The zero-order chi connectivity index (χ0) is 15.3. The third kappa shape index (κ3) is 3.80. The molecule has 0 radical (unpaired) electrons. The van der Waals surface area contributed by atoms with E-state index in [-0.39, 0.29) is 5.54 Å². The maximum absolute atomic E-state index is 6.39. The van der Waals surface area contributed by atoms with Gasteiger partial charge in [-0.15, -0.1) is 0 Å². The molecular formula is C18H29ClN2. The molecule has 0 heterocycles. The molecule has 118 valence electrons. The monoisotopic (exact) mass is 308 g/mol. The van der Waals surface area contributed by atoms with Gasteiger partial charge in [-0.25, -0.2) is 0 Å². The van der Waals surface area contributed by atoms with Gasteiger partial charge >= 0.3 is 0 Å². The first-order valence-electron chi connectivity index (χ1n) is 8.24. The lowest BCUT2D eigenvalue weighted by molar-refractivity contribution is 0.104. The average molecular weight is 309 g/mol. The van der Waals surface area contributed by atoms with Crippen LogP contribution in [0.1, 0.15) is 44.6 Å². The summed E-state index contributed by atoms with van der Waals surface area (Å²) in [5.74, 6) is 0. The van der Waals surface area contributed by atoms with Gasteiger partial charge in [-0.3, -0.25) is 0 Å². The Morgan fingerprint density at radius 1 is 1.24 bits per heavy atom. The van der Waals surface area contributed by atoms with E-state index in [2.05, 4.69) is 43.4 Å². The molecule has 1 saturated carbocycles. The Balaban J connectivity index is 2.23. The predicted molar refractivity (Wildman–Crippen MR) is 92.1 cm³/mol. The normalized spacial score (nSPS) is 19.1. The molecule has 0 saturated heterocycles. The lowest BCUT2D eigenvalue weighted by Gasteiger charge is -2.44. The minimum absolute atomic E-state index is 0.272. The Kier molecular flexibility index (Phi) is 6.09. The van der Waals surface area contributed by atoms with Gasteiger partial charge in [0.2, 0.25) is 0 Å². The van der Waals surface area contributed by atoms with Gasteiger partial charge < -0.3 is 10.2 Å². The Morgan fingerprint density at radius 2 is 1.90 bits per heavy atom. The van der Waals surface area contributed by atoms with Crippen molar-refractivity contribution in [2.75, 3.05) is 20.6 Å². The van der Waals surface area contributed by atoms with E-state index in [1.807, 2.05) is 12.1 Å². The number of benzene rings is 1. The standard InChI is InChI=1S/C18H29ClN2/c1-4-13-20-17(14-15-9-5-6-10-16(15)19)18(21(2)3)11-7-8-12-18/h5-6,9-10,17,20H,4,7-8,11-14H2,1-3H3. The Morgan fingerprint density at radius 3 is 2.48 bits per heavy atom. The van der Waals surface area contributed by atoms with Crippen LogP contribution in [0.2, 0.25) is 5.02 Å². The number of hydrogen-bond donors (Lipinski definition) is 1. The number of rotatable bonds is 7. The summed E-state index contributed by atoms with van der Waals surface area (Å²) in [6.45, 7) is 3.31. The minimum Gasteiger partial charge on any atom is -0.312 e. The van der Waals surface area contributed by atoms with E-state index in [1.54, 1.807) is 0 Å². The van der Waals surface area contributed by atoms with E-state index in [0.29, 0.717) is 6.04 Å². The van der Waals surface area contributed by atoms with Crippen LogP contribution in [0.25, 0.3) is 0 Å². The van der Waals surface area contributed by atoms with Crippen molar-refractivity contribution >= 4 is 11.6 Å². The molecule has 1 N–H and O–H groups in total. The van der Waals surface area contributed by atoms with Crippen molar-refractivity contribution in [2.45, 2.75) is 57.0 Å². The van der Waals surface area contributed by atoms with Crippen molar-refractivity contribution in [3.63, 3.8) is 0 Å². The zero-order valence-electron chi connectivity index (χ0n) is 13.7. The highest BCUT2D eigenvalue weighted by Crippen LogP contribution is 2.38. The Labute approximate surface area is 134 Å². The lowest BCUT2D eigenvalue weighted by atomic mass is 9.83. The van der Waals surface area contributed by atoms with E-state index in [0.717, 1.165) is 18.0 Å². The molecule has 0 spiro atoms. The molecular weight excluding hydrogens is 280 g/mol. The van der Waals surface area contributed by atoms with E-state index in [1.165, 1.54) is 37.7 Å². The highest BCUT2D eigenvalue weighted by molar-refractivity contribution is 6.31. The van der Waals surface area contributed by atoms with Crippen LogP contribution in [-0.2, 0) is 6.42 Å². The van der Waals surface area contributed by atoms with E-state index in [4.69, 9.17) is 11.6 Å². The molecule has 21 heavy (non-hydrogen) atoms. The summed E-state index contributed by atoms with van der Waals surface area (Å²) >= 11 is 6.39. The van der Waals surface area contributed by atoms with Crippen LogP contribution in [0.4, 0.5) is 0 Å². The minimum atomic E-state index is 0.272. The van der Waals surface area contributed by atoms with Crippen LogP contribution >= 0.6 is 11.6 Å². The van der Waals surface area contributed by atoms with Crippen LogP contribution in [-0.4, -0.2) is 37.1 Å². The molecule has 1 aromatic carbocycles. The van der Waals surface area contributed by atoms with E-state index < -0.39 is 0 Å². The molecule has 1 aromatic rings. The molecule has 0 aromatic heterocycles. The molecule has 1 atom stereocenters. The number of nitrogens with one attached hydrogen (secondary N) is 1. The van der Waals surface area contributed by atoms with Gasteiger partial charge in [-0.2, -0.15) is 0 Å². The van der Waals surface area contributed by atoms with Gasteiger partial charge in [-0.1, -0.05) is 49.6 Å². The third-order valence-electron chi connectivity index (χ3n) is 5.03. The fourth-order valence-corrected chi connectivity index (χ4v) is 3.96. The van der Waals surface area contributed by atoms with Crippen LogP contribution in [0, 0.1) is 0 Å². The SMILES string of the molecule is CCCNC(Cc1ccccc1Cl)C1(N(C)C)CCCC1. The maximum Gasteiger partial charge on any atom is 0.0438 e.